The van der Waals surface area contributed by atoms with Crippen LogP contribution in [0.5, 0.6) is 5.75 Å². The van der Waals surface area contributed by atoms with E-state index in [0.717, 1.165) is 5.52 Å². The van der Waals surface area contributed by atoms with Crippen molar-refractivity contribution in [3.05, 3.63) is 36.7 Å². The van der Waals surface area contributed by atoms with Gasteiger partial charge in [0.05, 0.1) is 29.3 Å². The van der Waals surface area contributed by atoms with Gasteiger partial charge < -0.3 is 9.72 Å². The lowest BCUT2D eigenvalue weighted by molar-refractivity contribution is 0.415. The fourth-order valence-corrected chi connectivity index (χ4v) is 2.77. The highest BCUT2D eigenvalue weighted by atomic mass is 35.7. The number of hydrogen-bond donors (Lipinski definition) is 1. The fraction of sp³-hybridized carbons (Fsp3) is 0.0769. The molecule has 9 heteroatoms. The Morgan fingerprint density at radius 1 is 1.27 bits per heavy atom. The minimum absolute atomic E-state index is 0. The van der Waals surface area contributed by atoms with E-state index in [0.29, 0.717) is 22.7 Å². The van der Waals surface area contributed by atoms with E-state index in [9.17, 15) is 8.42 Å². The van der Waals surface area contributed by atoms with Gasteiger partial charge in [0.2, 0.25) is 0 Å². The highest BCUT2D eigenvalue weighted by Crippen LogP contribution is 2.32. The van der Waals surface area contributed by atoms with E-state index in [1.54, 1.807) is 24.5 Å². The van der Waals surface area contributed by atoms with Gasteiger partial charge in [-0.1, -0.05) is 0 Å². The second-order valence-corrected chi connectivity index (χ2v) is 6.84. The smallest absolute Gasteiger partial charge is 0.261 e. The molecule has 1 aromatic carbocycles. The third-order valence-electron chi connectivity index (χ3n) is 3.00. The first-order valence-corrected chi connectivity index (χ1v) is 8.23. The lowest BCUT2D eigenvalue weighted by atomic mass is 10.2. The van der Waals surface area contributed by atoms with Crippen LogP contribution in [0.4, 0.5) is 0 Å². The first-order chi connectivity index (χ1) is 9.99. The van der Waals surface area contributed by atoms with Gasteiger partial charge in [0.15, 0.2) is 0 Å². The SMILES string of the molecule is COc1cc(S(=O)(=O)Cl)ccc1-c1nc2cnccc2[nH]1.Cl. The van der Waals surface area contributed by atoms with Crippen LogP contribution in [0.25, 0.3) is 22.4 Å². The highest BCUT2D eigenvalue weighted by molar-refractivity contribution is 8.13. The van der Waals surface area contributed by atoms with E-state index in [-0.39, 0.29) is 17.3 Å². The lowest BCUT2D eigenvalue weighted by Crippen LogP contribution is -1.95. The van der Waals surface area contributed by atoms with Gasteiger partial charge in [-0.3, -0.25) is 4.98 Å². The lowest BCUT2D eigenvalue weighted by Gasteiger charge is -2.07. The molecule has 116 valence electrons. The monoisotopic (exact) mass is 359 g/mol. The molecule has 0 aliphatic rings. The summed E-state index contributed by atoms with van der Waals surface area (Å²) in [5, 5.41) is 0. The normalized spacial score (nSPS) is 11.2. The van der Waals surface area contributed by atoms with Crippen LogP contribution >= 0.6 is 23.1 Å². The summed E-state index contributed by atoms with van der Waals surface area (Å²) < 4.78 is 28.0. The number of ether oxygens (including phenoxy) is 1. The van der Waals surface area contributed by atoms with E-state index in [1.165, 1.54) is 19.2 Å². The van der Waals surface area contributed by atoms with Crippen LogP contribution in [0.15, 0.2) is 41.6 Å². The van der Waals surface area contributed by atoms with Crippen molar-refractivity contribution >= 4 is 43.2 Å². The summed E-state index contributed by atoms with van der Waals surface area (Å²) in [5.74, 6) is 0.928. The van der Waals surface area contributed by atoms with Crippen molar-refractivity contribution in [2.45, 2.75) is 4.90 Å². The molecule has 0 aliphatic carbocycles. The number of H-pyrrole nitrogens is 1. The molecule has 0 unspecified atom stereocenters. The number of benzene rings is 1. The number of nitrogens with one attached hydrogen (secondary N) is 1. The van der Waals surface area contributed by atoms with Crippen LogP contribution in [0, 0.1) is 0 Å². The summed E-state index contributed by atoms with van der Waals surface area (Å²) in [6, 6.07) is 6.17. The molecule has 0 amide bonds. The number of pyridine rings is 1. The van der Waals surface area contributed by atoms with Gasteiger partial charge in [-0.15, -0.1) is 12.4 Å². The first-order valence-electron chi connectivity index (χ1n) is 5.92. The van der Waals surface area contributed by atoms with Crippen LogP contribution in [0.1, 0.15) is 0 Å². The molecule has 3 rings (SSSR count). The summed E-state index contributed by atoms with van der Waals surface area (Å²) in [4.78, 5) is 11.5. The minimum Gasteiger partial charge on any atom is -0.496 e. The highest BCUT2D eigenvalue weighted by Gasteiger charge is 2.16. The van der Waals surface area contributed by atoms with Crippen LogP contribution in [0.2, 0.25) is 0 Å². The Hall–Kier alpha value is -1.83. The topological polar surface area (TPSA) is 84.9 Å². The van der Waals surface area contributed by atoms with Crippen LogP contribution in [-0.4, -0.2) is 30.5 Å². The van der Waals surface area contributed by atoms with E-state index >= 15 is 0 Å². The maximum absolute atomic E-state index is 11.4. The van der Waals surface area contributed by atoms with Crippen molar-refractivity contribution in [1.29, 1.82) is 0 Å². The summed E-state index contributed by atoms with van der Waals surface area (Å²) in [6.07, 6.45) is 3.30. The summed E-state index contributed by atoms with van der Waals surface area (Å²) in [6.45, 7) is 0. The molecule has 0 radical (unpaired) electrons. The average molecular weight is 360 g/mol. The molecule has 0 bridgehead atoms. The number of fused-ring (bicyclic) bond motifs is 1. The largest absolute Gasteiger partial charge is 0.496 e. The van der Waals surface area contributed by atoms with Crippen molar-refractivity contribution in [3.63, 3.8) is 0 Å². The number of rotatable bonds is 3. The van der Waals surface area contributed by atoms with Crippen molar-refractivity contribution in [1.82, 2.24) is 15.0 Å². The second kappa shape index (κ2) is 6.12. The molecule has 0 spiro atoms. The molecule has 6 nitrogen and oxygen atoms in total. The number of hydrogen-bond acceptors (Lipinski definition) is 5. The van der Waals surface area contributed by atoms with Gasteiger partial charge in [-0.25, -0.2) is 13.4 Å². The average Bonchev–Trinajstić information content (AvgIpc) is 2.89. The van der Waals surface area contributed by atoms with Crippen molar-refractivity contribution in [2.24, 2.45) is 0 Å². The molecule has 1 N–H and O–H groups in total. The Labute approximate surface area is 137 Å². The Morgan fingerprint density at radius 3 is 2.68 bits per heavy atom. The zero-order valence-corrected chi connectivity index (χ0v) is 13.7. The number of methoxy groups -OCH3 is 1. The van der Waals surface area contributed by atoms with Gasteiger partial charge in [-0.05, 0) is 18.2 Å². The number of aromatic amines is 1. The number of nitrogens with zero attached hydrogens (tertiary/aromatic N) is 2. The Balaban J connectivity index is 0.00000176. The van der Waals surface area contributed by atoms with E-state index in [2.05, 4.69) is 15.0 Å². The Morgan fingerprint density at radius 2 is 2.05 bits per heavy atom. The standard InChI is InChI=1S/C13H10ClN3O3S.ClH/c1-20-12-6-8(21(14,18)19)2-3-9(12)13-16-10-4-5-15-7-11(10)17-13;/h2-7H,1H3,(H,16,17);1H. The number of aromatic nitrogens is 3. The molecule has 0 fully saturated rings. The van der Waals surface area contributed by atoms with Gasteiger partial charge in [-0.2, -0.15) is 0 Å². The molecular weight excluding hydrogens is 349 g/mol. The molecule has 2 heterocycles. The second-order valence-electron chi connectivity index (χ2n) is 4.28. The predicted molar refractivity (Wildman–Crippen MR) is 86.2 cm³/mol. The molecule has 2 aromatic heterocycles. The number of halogens is 2. The minimum atomic E-state index is -3.81. The maximum atomic E-state index is 11.4. The summed E-state index contributed by atoms with van der Waals surface area (Å²) in [7, 11) is 2.98. The van der Waals surface area contributed by atoms with E-state index in [4.69, 9.17) is 15.4 Å². The summed E-state index contributed by atoms with van der Waals surface area (Å²) in [5.41, 5.74) is 2.18. The van der Waals surface area contributed by atoms with Crippen LogP contribution in [-0.2, 0) is 9.05 Å². The molecule has 0 aliphatic heterocycles. The maximum Gasteiger partial charge on any atom is 0.261 e. The summed E-state index contributed by atoms with van der Waals surface area (Å²) >= 11 is 0. The van der Waals surface area contributed by atoms with E-state index in [1.807, 2.05) is 0 Å². The van der Waals surface area contributed by atoms with Gasteiger partial charge >= 0.3 is 0 Å². The molecule has 3 aromatic rings. The van der Waals surface area contributed by atoms with Gasteiger partial charge in [0, 0.05) is 22.9 Å². The Kier molecular flexibility index (Phi) is 4.60. The first kappa shape index (κ1) is 16.5. The van der Waals surface area contributed by atoms with Gasteiger partial charge in [0.25, 0.3) is 9.05 Å². The number of imidazole rings is 1. The molecule has 0 saturated heterocycles. The third-order valence-corrected chi connectivity index (χ3v) is 4.35. The van der Waals surface area contributed by atoms with Crippen molar-refractivity contribution in [3.8, 4) is 17.1 Å². The molecule has 22 heavy (non-hydrogen) atoms. The zero-order valence-electron chi connectivity index (χ0n) is 11.3. The van der Waals surface area contributed by atoms with Crippen molar-refractivity contribution in [2.75, 3.05) is 7.11 Å². The predicted octanol–water partition coefficient (Wildman–Crippen LogP) is 2.98. The quantitative estimate of drug-likeness (QED) is 0.726. The Bertz CT molecular complexity index is 892. The molecule has 0 atom stereocenters. The van der Waals surface area contributed by atoms with Crippen molar-refractivity contribution < 1.29 is 13.2 Å². The van der Waals surface area contributed by atoms with E-state index < -0.39 is 9.05 Å². The van der Waals surface area contributed by atoms with Crippen LogP contribution < -0.4 is 4.74 Å². The van der Waals surface area contributed by atoms with Gasteiger partial charge in [0.1, 0.15) is 17.1 Å². The molecule has 0 saturated carbocycles. The zero-order chi connectivity index (χ0) is 15.0. The fourth-order valence-electron chi connectivity index (χ4n) is 2.00. The third kappa shape index (κ3) is 3.01. The van der Waals surface area contributed by atoms with Crippen LogP contribution in [0.3, 0.4) is 0 Å². The molecular formula is C13H11Cl2N3O3S.